The third-order valence-corrected chi connectivity index (χ3v) is 4.63. The van der Waals surface area contributed by atoms with Gasteiger partial charge in [0.15, 0.2) is 5.96 Å². The highest BCUT2D eigenvalue weighted by atomic mass is 127. The molecule has 1 unspecified atom stereocenters. The van der Waals surface area contributed by atoms with Crippen molar-refractivity contribution in [1.29, 1.82) is 0 Å². The zero-order valence-electron chi connectivity index (χ0n) is 16.2. The molecule has 0 bridgehead atoms. The van der Waals surface area contributed by atoms with Crippen LogP contribution in [0, 0.1) is 0 Å². The molecular weight excluding hydrogens is 439 g/mol. The summed E-state index contributed by atoms with van der Waals surface area (Å²) in [7, 11) is 1.82. The molecule has 148 valence electrons. The van der Waals surface area contributed by atoms with E-state index in [4.69, 9.17) is 4.74 Å². The van der Waals surface area contributed by atoms with Gasteiger partial charge >= 0.3 is 0 Å². The molecule has 0 amide bonds. The van der Waals surface area contributed by atoms with Crippen LogP contribution < -0.4 is 10.6 Å². The Labute approximate surface area is 176 Å². The number of nitrogens with zero attached hydrogens (tertiary/aromatic N) is 2. The Kier molecular flexibility index (Phi) is 12.7. The molecule has 1 atom stereocenters. The number of rotatable bonds is 10. The van der Waals surface area contributed by atoms with Crippen molar-refractivity contribution >= 4 is 29.9 Å². The van der Waals surface area contributed by atoms with Crippen molar-refractivity contribution in [3.63, 3.8) is 0 Å². The van der Waals surface area contributed by atoms with Crippen LogP contribution in [0.2, 0.25) is 0 Å². The third kappa shape index (κ3) is 8.22. The molecule has 1 aliphatic heterocycles. The van der Waals surface area contributed by atoms with Crippen LogP contribution in [0.15, 0.2) is 35.3 Å². The fourth-order valence-corrected chi connectivity index (χ4v) is 3.19. The summed E-state index contributed by atoms with van der Waals surface area (Å²) >= 11 is 0. The number of aliphatic imine (C=N–C) groups is 1. The van der Waals surface area contributed by atoms with E-state index in [0.717, 1.165) is 38.7 Å². The van der Waals surface area contributed by atoms with E-state index in [-0.39, 0.29) is 24.0 Å². The fourth-order valence-electron chi connectivity index (χ4n) is 3.19. The first-order chi connectivity index (χ1) is 12.3. The Balaban J connectivity index is 0.00000338. The van der Waals surface area contributed by atoms with Crippen LogP contribution in [0.1, 0.15) is 44.2 Å². The standard InChI is InChI=1S/C20H34N4O.HI/c1-3-4-15-25-16-12-22-20(21-2)23-17-19(24-13-8-9-14-24)18-10-6-5-7-11-18;/h5-7,10-11,19H,3-4,8-9,12-17H2,1-2H3,(H2,21,22,23);1H. The number of hydrogen-bond donors (Lipinski definition) is 2. The summed E-state index contributed by atoms with van der Waals surface area (Å²) in [6.45, 7) is 7.74. The first-order valence-electron chi connectivity index (χ1n) is 9.66. The molecule has 0 aliphatic carbocycles. The summed E-state index contributed by atoms with van der Waals surface area (Å²) in [6.07, 6.45) is 4.90. The molecular formula is C20H35IN4O. The lowest BCUT2D eigenvalue weighted by Gasteiger charge is -2.29. The van der Waals surface area contributed by atoms with E-state index < -0.39 is 0 Å². The minimum absolute atomic E-state index is 0. The Bertz CT molecular complexity index is 492. The minimum atomic E-state index is 0. The Hall–Kier alpha value is -0.860. The molecule has 1 saturated heterocycles. The van der Waals surface area contributed by atoms with Crippen molar-refractivity contribution in [3.8, 4) is 0 Å². The van der Waals surface area contributed by atoms with Crippen LogP contribution in [0.4, 0.5) is 0 Å². The third-order valence-electron chi connectivity index (χ3n) is 4.63. The quantitative estimate of drug-likeness (QED) is 0.236. The molecule has 5 nitrogen and oxygen atoms in total. The van der Waals surface area contributed by atoms with E-state index in [1.807, 2.05) is 7.05 Å². The SMILES string of the molecule is CCCCOCCNC(=NC)NCC(c1ccccc1)N1CCCC1.I. The van der Waals surface area contributed by atoms with E-state index in [9.17, 15) is 0 Å². The second-order valence-corrected chi connectivity index (χ2v) is 6.52. The topological polar surface area (TPSA) is 48.9 Å². The summed E-state index contributed by atoms with van der Waals surface area (Å²) in [4.78, 5) is 6.91. The summed E-state index contributed by atoms with van der Waals surface area (Å²) in [5, 5.41) is 6.83. The van der Waals surface area contributed by atoms with Gasteiger partial charge in [-0.25, -0.2) is 0 Å². The molecule has 1 fully saturated rings. The van der Waals surface area contributed by atoms with E-state index in [1.54, 1.807) is 0 Å². The van der Waals surface area contributed by atoms with Crippen LogP contribution in [0.3, 0.4) is 0 Å². The van der Waals surface area contributed by atoms with Gasteiger partial charge in [0.2, 0.25) is 0 Å². The molecule has 1 heterocycles. The van der Waals surface area contributed by atoms with Crippen molar-refractivity contribution in [2.24, 2.45) is 4.99 Å². The van der Waals surface area contributed by atoms with Crippen molar-refractivity contribution < 1.29 is 4.74 Å². The predicted molar refractivity (Wildman–Crippen MR) is 120 cm³/mol. The lowest BCUT2D eigenvalue weighted by molar-refractivity contribution is 0.136. The molecule has 26 heavy (non-hydrogen) atoms. The second-order valence-electron chi connectivity index (χ2n) is 6.52. The number of halogens is 1. The van der Waals surface area contributed by atoms with Crippen molar-refractivity contribution in [2.45, 2.75) is 38.6 Å². The molecule has 0 radical (unpaired) electrons. The summed E-state index contributed by atoms with van der Waals surface area (Å²) in [5.41, 5.74) is 1.37. The Morgan fingerprint density at radius 1 is 1.15 bits per heavy atom. The van der Waals surface area contributed by atoms with Gasteiger partial charge in [0.1, 0.15) is 0 Å². The normalized spacial score (nSPS) is 16.2. The molecule has 0 aromatic heterocycles. The van der Waals surface area contributed by atoms with Gasteiger partial charge in [-0.1, -0.05) is 43.7 Å². The molecule has 6 heteroatoms. The highest BCUT2D eigenvalue weighted by Gasteiger charge is 2.23. The number of likely N-dealkylation sites (tertiary alicyclic amines) is 1. The summed E-state index contributed by atoms with van der Waals surface area (Å²) in [6, 6.07) is 11.2. The first kappa shape index (κ1) is 23.2. The van der Waals surface area contributed by atoms with Crippen LogP contribution in [0.25, 0.3) is 0 Å². The molecule has 0 spiro atoms. The highest BCUT2D eigenvalue weighted by molar-refractivity contribution is 14.0. The first-order valence-corrected chi connectivity index (χ1v) is 9.66. The predicted octanol–water partition coefficient (Wildman–Crippen LogP) is 3.42. The number of ether oxygens (including phenoxy) is 1. The van der Waals surface area contributed by atoms with Crippen LogP contribution in [-0.4, -0.2) is 57.3 Å². The van der Waals surface area contributed by atoms with Gasteiger partial charge < -0.3 is 15.4 Å². The summed E-state index contributed by atoms with van der Waals surface area (Å²) in [5.74, 6) is 0.846. The fraction of sp³-hybridized carbons (Fsp3) is 0.650. The van der Waals surface area contributed by atoms with Gasteiger partial charge in [0, 0.05) is 26.7 Å². The maximum atomic E-state index is 5.59. The van der Waals surface area contributed by atoms with E-state index >= 15 is 0 Å². The smallest absolute Gasteiger partial charge is 0.191 e. The van der Waals surface area contributed by atoms with E-state index in [2.05, 4.69) is 57.8 Å². The van der Waals surface area contributed by atoms with Gasteiger partial charge in [0.25, 0.3) is 0 Å². The number of benzene rings is 1. The van der Waals surface area contributed by atoms with Crippen LogP contribution in [0.5, 0.6) is 0 Å². The minimum Gasteiger partial charge on any atom is -0.380 e. The molecule has 1 aliphatic rings. The number of hydrogen-bond acceptors (Lipinski definition) is 3. The molecule has 1 aromatic rings. The zero-order chi connectivity index (χ0) is 17.7. The largest absolute Gasteiger partial charge is 0.380 e. The van der Waals surface area contributed by atoms with Crippen molar-refractivity contribution in [3.05, 3.63) is 35.9 Å². The number of unbranched alkanes of at least 4 members (excludes halogenated alkanes) is 1. The molecule has 1 aromatic carbocycles. The lowest BCUT2D eigenvalue weighted by Crippen LogP contribution is -2.43. The number of guanidine groups is 1. The Morgan fingerprint density at radius 3 is 2.54 bits per heavy atom. The van der Waals surface area contributed by atoms with Crippen molar-refractivity contribution in [2.75, 3.05) is 46.4 Å². The average molecular weight is 474 g/mol. The Morgan fingerprint density at radius 2 is 1.88 bits per heavy atom. The molecule has 2 rings (SSSR count). The van der Waals surface area contributed by atoms with Gasteiger partial charge in [-0.15, -0.1) is 24.0 Å². The lowest BCUT2D eigenvalue weighted by atomic mass is 10.1. The maximum absolute atomic E-state index is 5.59. The maximum Gasteiger partial charge on any atom is 0.191 e. The monoisotopic (exact) mass is 474 g/mol. The van der Waals surface area contributed by atoms with Crippen LogP contribution >= 0.6 is 24.0 Å². The van der Waals surface area contributed by atoms with Crippen LogP contribution in [-0.2, 0) is 4.74 Å². The van der Waals surface area contributed by atoms with Gasteiger partial charge in [0.05, 0.1) is 12.6 Å². The van der Waals surface area contributed by atoms with E-state index in [1.165, 1.54) is 37.9 Å². The number of nitrogens with one attached hydrogen (secondary N) is 2. The highest BCUT2D eigenvalue weighted by Crippen LogP contribution is 2.24. The molecule has 2 N–H and O–H groups in total. The van der Waals surface area contributed by atoms with Gasteiger partial charge in [-0.2, -0.15) is 0 Å². The van der Waals surface area contributed by atoms with E-state index in [0.29, 0.717) is 6.04 Å². The summed E-state index contributed by atoms with van der Waals surface area (Å²) < 4.78 is 5.59. The second kappa shape index (κ2) is 14.2. The van der Waals surface area contributed by atoms with Gasteiger partial charge in [-0.05, 0) is 37.9 Å². The van der Waals surface area contributed by atoms with Gasteiger partial charge in [-0.3, -0.25) is 9.89 Å². The average Bonchev–Trinajstić information content (AvgIpc) is 3.18. The van der Waals surface area contributed by atoms with Crippen molar-refractivity contribution in [1.82, 2.24) is 15.5 Å². The molecule has 0 saturated carbocycles. The zero-order valence-corrected chi connectivity index (χ0v) is 18.6.